The fourth-order valence-electron chi connectivity index (χ4n) is 3.62. The van der Waals surface area contributed by atoms with Crippen molar-refractivity contribution in [2.45, 2.75) is 6.54 Å². The Kier molecular flexibility index (Phi) is 4.54. The van der Waals surface area contributed by atoms with Gasteiger partial charge in [0, 0.05) is 50.5 Å². The van der Waals surface area contributed by atoms with E-state index in [1.165, 1.54) is 16.3 Å². The molecule has 1 aliphatic rings. The molecule has 26 heavy (non-hydrogen) atoms. The number of nitro benzene ring substituents is 1. The number of nitro groups is 1. The molecule has 1 heterocycles. The van der Waals surface area contributed by atoms with E-state index >= 15 is 0 Å². The van der Waals surface area contributed by atoms with E-state index in [-0.39, 0.29) is 10.6 Å². The Morgan fingerprint density at radius 3 is 2.27 bits per heavy atom. The standard InChI is InChI=1S/C21H21N3O2/c25-24(26)20-10-8-19(9-11-20)23-14-12-22(13-15-23)16-18-6-3-5-17-4-1-2-7-21(17)18/h1-11H,12-16H2. The molecule has 1 saturated heterocycles. The summed E-state index contributed by atoms with van der Waals surface area (Å²) in [4.78, 5) is 15.2. The second-order valence-corrected chi connectivity index (χ2v) is 6.67. The van der Waals surface area contributed by atoms with Gasteiger partial charge in [-0.3, -0.25) is 15.0 Å². The summed E-state index contributed by atoms with van der Waals surface area (Å²) in [5, 5.41) is 13.4. The number of benzene rings is 3. The molecule has 0 amide bonds. The van der Waals surface area contributed by atoms with Crippen LogP contribution >= 0.6 is 0 Å². The van der Waals surface area contributed by atoms with Crippen molar-refractivity contribution in [3.8, 4) is 0 Å². The number of rotatable bonds is 4. The van der Waals surface area contributed by atoms with Crippen LogP contribution in [0.4, 0.5) is 11.4 Å². The molecule has 0 atom stereocenters. The SMILES string of the molecule is O=[N+]([O-])c1ccc(N2CCN(Cc3cccc4ccccc34)CC2)cc1. The van der Waals surface area contributed by atoms with Gasteiger partial charge in [0.1, 0.15) is 0 Å². The van der Waals surface area contributed by atoms with Crippen LogP contribution in [-0.4, -0.2) is 36.0 Å². The van der Waals surface area contributed by atoms with Crippen LogP contribution in [0, 0.1) is 10.1 Å². The van der Waals surface area contributed by atoms with Gasteiger partial charge in [-0.15, -0.1) is 0 Å². The Labute approximate surface area is 152 Å². The van der Waals surface area contributed by atoms with Crippen molar-refractivity contribution in [1.29, 1.82) is 0 Å². The fourth-order valence-corrected chi connectivity index (χ4v) is 3.62. The topological polar surface area (TPSA) is 49.6 Å². The largest absolute Gasteiger partial charge is 0.369 e. The van der Waals surface area contributed by atoms with Crippen LogP contribution in [0.5, 0.6) is 0 Å². The van der Waals surface area contributed by atoms with Gasteiger partial charge in [0.05, 0.1) is 4.92 Å². The highest BCUT2D eigenvalue weighted by Crippen LogP contribution is 2.23. The number of hydrogen-bond donors (Lipinski definition) is 0. The molecular formula is C21H21N3O2. The molecule has 0 bridgehead atoms. The first kappa shape index (κ1) is 16.5. The molecule has 0 radical (unpaired) electrons. The zero-order valence-electron chi connectivity index (χ0n) is 14.5. The minimum absolute atomic E-state index is 0.142. The lowest BCUT2D eigenvalue weighted by Gasteiger charge is -2.36. The maximum absolute atomic E-state index is 10.8. The maximum Gasteiger partial charge on any atom is 0.269 e. The first-order valence-corrected chi connectivity index (χ1v) is 8.89. The third kappa shape index (κ3) is 3.39. The molecule has 1 fully saturated rings. The van der Waals surface area contributed by atoms with E-state index in [1.54, 1.807) is 12.1 Å². The minimum atomic E-state index is -0.355. The van der Waals surface area contributed by atoms with Crippen LogP contribution in [0.15, 0.2) is 66.7 Å². The van der Waals surface area contributed by atoms with Crippen molar-refractivity contribution in [2.75, 3.05) is 31.1 Å². The van der Waals surface area contributed by atoms with E-state index in [0.29, 0.717) is 0 Å². The average molecular weight is 347 g/mol. The number of hydrogen-bond acceptors (Lipinski definition) is 4. The van der Waals surface area contributed by atoms with Crippen molar-refractivity contribution in [2.24, 2.45) is 0 Å². The first-order chi connectivity index (χ1) is 12.7. The third-order valence-corrected chi connectivity index (χ3v) is 5.07. The fraction of sp³-hybridized carbons (Fsp3) is 0.238. The van der Waals surface area contributed by atoms with Crippen LogP contribution in [0.2, 0.25) is 0 Å². The summed E-state index contributed by atoms with van der Waals surface area (Å²) >= 11 is 0. The molecule has 3 aromatic rings. The Hall–Kier alpha value is -2.92. The summed E-state index contributed by atoms with van der Waals surface area (Å²) < 4.78 is 0. The molecule has 5 heteroatoms. The quantitative estimate of drug-likeness (QED) is 0.527. The third-order valence-electron chi connectivity index (χ3n) is 5.07. The van der Waals surface area contributed by atoms with Gasteiger partial charge in [-0.1, -0.05) is 42.5 Å². The van der Waals surface area contributed by atoms with Crippen molar-refractivity contribution < 1.29 is 4.92 Å². The van der Waals surface area contributed by atoms with Crippen molar-refractivity contribution >= 4 is 22.1 Å². The van der Waals surface area contributed by atoms with Gasteiger partial charge in [-0.25, -0.2) is 0 Å². The summed E-state index contributed by atoms with van der Waals surface area (Å²) in [5.41, 5.74) is 2.57. The van der Waals surface area contributed by atoms with Crippen molar-refractivity contribution in [3.63, 3.8) is 0 Å². The lowest BCUT2D eigenvalue weighted by molar-refractivity contribution is -0.384. The van der Waals surface area contributed by atoms with Gasteiger partial charge in [0.25, 0.3) is 5.69 Å². The molecule has 0 unspecified atom stereocenters. The highest BCUT2D eigenvalue weighted by Gasteiger charge is 2.18. The summed E-state index contributed by atoms with van der Waals surface area (Å²) in [7, 11) is 0. The molecule has 0 aliphatic carbocycles. The van der Waals surface area contributed by atoms with Crippen LogP contribution in [0.25, 0.3) is 10.8 Å². The predicted octanol–water partition coefficient (Wildman–Crippen LogP) is 4.07. The van der Waals surface area contributed by atoms with Gasteiger partial charge in [-0.2, -0.15) is 0 Å². The van der Waals surface area contributed by atoms with E-state index in [2.05, 4.69) is 52.3 Å². The second-order valence-electron chi connectivity index (χ2n) is 6.67. The Bertz CT molecular complexity index is 911. The maximum atomic E-state index is 10.8. The minimum Gasteiger partial charge on any atom is -0.369 e. The highest BCUT2D eigenvalue weighted by molar-refractivity contribution is 5.85. The Morgan fingerprint density at radius 1 is 0.846 bits per heavy atom. The average Bonchev–Trinajstić information content (AvgIpc) is 2.69. The number of piperazine rings is 1. The monoisotopic (exact) mass is 347 g/mol. The zero-order chi connectivity index (χ0) is 17.9. The van der Waals surface area contributed by atoms with E-state index in [0.717, 1.165) is 38.4 Å². The van der Waals surface area contributed by atoms with Crippen molar-refractivity contribution in [1.82, 2.24) is 4.90 Å². The van der Waals surface area contributed by atoms with Crippen LogP contribution in [0.3, 0.4) is 0 Å². The Balaban J connectivity index is 1.41. The van der Waals surface area contributed by atoms with E-state index < -0.39 is 0 Å². The summed E-state index contributed by atoms with van der Waals surface area (Å²) in [6.07, 6.45) is 0. The smallest absolute Gasteiger partial charge is 0.269 e. The molecule has 0 spiro atoms. The summed E-state index contributed by atoms with van der Waals surface area (Å²) in [5.74, 6) is 0. The number of nitrogens with zero attached hydrogens (tertiary/aromatic N) is 3. The molecule has 1 aliphatic heterocycles. The summed E-state index contributed by atoms with van der Waals surface area (Å²) in [6, 6.07) is 21.9. The van der Waals surface area contributed by atoms with Gasteiger partial charge in [0.2, 0.25) is 0 Å². The van der Waals surface area contributed by atoms with Gasteiger partial charge in [-0.05, 0) is 28.5 Å². The number of non-ortho nitro benzene ring substituents is 1. The molecule has 0 aromatic heterocycles. The van der Waals surface area contributed by atoms with E-state index in [9.17, 15) is 10.1 Å². The van der Waals surface area contributed by atoms with Crippen molar-refractivity contribution in [3.05, 3.63) is 82.4 Å². The molecule has 3 aromatic carbocycles. The van der Waals surface area contributed by atoms with Crippen LogP contribution in [-0.2, 0) is 6.54 Å². The summed E-state index contributed by atoms with van der Waals surface area (Å²) in [6.45, 7) is 4.79. The molecular weight excluding hydrogens is 326 g/mol. The molecule has 4 rings (SSSR count). The zero-order valence-corrected chi connectivity index (χ0v) is 14.5. The molecule has 5 nitrogen and oxygen atoms in total. The number of anilines is 1. The molecule has 0 saturated carbocycles. The Morgan fingerprint density at radius 2 is 1.54 bits per heavy atom. The second kappa shape index (κ2) is 7.14. The van der Waals surface area contributed by atoms with Gasteiger partial charge >= 0.3 is 0 Å². The van der Waals surface area contributed by atoms with Gasteiger partial charge < -0.3 is 4.90 Å². The predicted molar refractivity (Wildman–Crippen MR) is 105 cm³/mol. The number of fused-ring (bicyclic) bond motifs is 1. The first-order valence-electron chi connectivity index (χ1n) is 8.89. The van der Waals surface area contributed by atoms with Crippen LogP contribution in [0.1, 0.15) is 5.56 Å². The molecule has 0 N–H and O–H groups in total. The van der Waals surface area contributed by atoms with E-state index in [4.69, 9.17) is 0 Å². The normalized spacial score (nSPS) is 15.3. The van der Waals surface area contributed by atoms with Crippen LogP contribution < -0.4 is 4.90 Å². The highest BCUT2D eigenvalue weighted by atomic mass is 16.6. The molecule has 132 valence electrons. The van der Waals surface area contributed by atoms with E-state index in [1.807, 2.05) is 12.1 Å². The van der Waals surface area contributed by atoms with Gasteiger partial charge in [0.15, 0.2) is 0 Å². The lowest BCUT2D eigenvalue weighted by Crippen LogP contribution is -2.45. The lowest BCUT2D eigenvalue weighted by atomic mass is 10.0.